The van der Waals surface area contributed by atoms with E-state index in [1.807, 2.05) is 0 Å². The molecule has 0 fully saturated rings. The van der Waals surface area contributed by atoms with Crippen molar-refractivity contribution in [2.75, 3.05) is 6.54 Å². The van der Waals surface area contributed by atoms with E-state index in [4.69, 9.17) is 0 Å². The van der Waals surface area contributed by atoms with Crippen LogP contribution in [0.15, 0.2) is 27.6 Å². The van der Waals surface area contributed by atoms with Gasteiger partial charge in [0, 0.05) is 6.54 Å². The van der Waals surface area contributed by atoms with E-state index in [2.05, 4.69) is 20.7 Å². The summed E-state index contributed by atoms with van der Waals surface area (Å²) in [5, 5.41) is 10.0. The highest BCUT2D eigenvalue weighted by molar-refractivity contribution is 9.10. The van der Waals surface area contributed by atoms with Crippen LogP contribution in [0.1, 0.15) is 26.7 Å². The fourth-order valence-corrected chi connectivity index (χ4v) is 2.83. The average molecular weight is 354 g/mol. The molecule has 0 aliphatic heterocycles. The van der Waals surface area contributed by atoms with Crippen LogP contribution in [-0.2, 0) is 10.0 Å². The van der Waals surface area contributed by atoms with Crippen LogP contribution in [0.25, 0.3) is 0 Å². The monoisotopic (exact) mass is 353 g/mol. The van der Waals surface area contributed by atoms with E-state index in [-0.39, 0.29) is 15.9 Å². The molecular formula is C12H17BrFNO3S. The molecule has 1 rings (SSSR count). The lowest BCUT2D eigenvalue weighted by Gasteiger charge is -2.25. The number of hydrogen-bond acceptors (Lipinski definition) is 3. The zero-order valence-electron chi connectivity index (χ0n) is 10.8. The molecular weight excluding hydrogens is 337 g/mol. The Morgan fingerprint density at radius 2 is 1.95 bits per heavy atom. The number of aliphatic hydroxyl groups is 1. The number of sulfonamides is 1. The standard InChI is InChI=1S/C12H17BrFNO3S/c1-3-12(16,4-2)8-15-19(17,18)9-5-6-10(13)11(14)7-9/h5-7,15-16H,3-4,8H2,1-2H3. The number of halogens is 2. The summed E-state index contributed by atoms with van der Waals surface area (Å²) < 4.78 is 39.8. The molecule has 4 nitrogen and oxygen atoms in total. The van der Waals surface area contributed by atoms with Crippen molar-refractivity contribution in [1.82, 2.24) is 4.72 Å². The first-order valence-corrected chi connectivity index (χ1v) is 8.19. The quantitative estimate of drug-likeness (QED) is 0.825. The van der Waals surface area contributed by atoms with E-state index in [1.165, 1.54) is 12.1 Å². The van der Waals surface area contributed by atoms with Crippen LogP contribution < -0.4 is 4.72 Å². The summed E-state index contributed by atoms with van der Waals surface area (Å²) in [7, 11) is -3.82. The maximum absolute atomic E-state index is 13.3. The second-order valence-electron chi connectivity index (χ2n) is 4.33. The van der Waals surface area contributed by atoms with Crippen LogP contribution in [0, 0.1) is 5.82 Å². The normalized spacial score (nSPS) is 12.7. The summed E-state index contributed by atoms with van der Waals surface area (Å²) in [4.78, 5) is -0.164. The third-order valence-electron chi connectivity index (χ3n) is 3.11. The van der Waals surface area contributed by atoms with Crippen molar-refractivity contribution in [2.24, 2.45) is 0 Å². The van der Waals surface area contributed by atoms with Gasteiger partial charge in [0.25, 0.3) is 0 Å². The second kappa shape index (κ2) is 6.30. The fraction of sp³-hybridized carbons (Fsp3) is 0.500. The van der Waals surface area contributed by atoms with Crippen molar-refractivity contribution in [3.63, 3.8) is 0 Å². The summed E-state index contributed by atoms with van der Waals surface area (Å²) in [6, 6.07) is 3.56. The van der Waals surface area contributed by atoms with Gasteiger partial charge in [-0.1, -0.05) is 13.8 Å². The Kier molecular flexibility index (Phi) is 5.49. The molecule has 0 aliphatic rings. The Balaban J connectivity index is 2.90. The van der Waals surface area contributed by atoms with Gasteiger partial charge in [-0.3, -0.25) is 0 Å². The summed E-state index contributed by atoms with van der Waals surface area (Å²) in [6.07, 6.45) is 0.863. The van der Waals surface area contributed by atoms with Gasteiger partial charge in [-0.2, -0.15) is 0 Å². The molecule has 19 heavy (non-hydrogen) atoms. The topological polar surface area (TPSA) is 66.4 Å². The van der Waals surface area contributed by atoms with E-state index in [9.17, 15) is 17.9 Å². The minimum atomic E-state index is -3.82. The molecule has 0 atom stereocenters. The fourth-order valence-electron chi connectivity index (χ4n) is 1.46. The molecule has 0 aromatic heterocycles. The van der Waals surface area contributed by atoms with Gasteiger partial charge in [-0.25, -0.2) is 17.5 Å². The van der Waals surface area contributed by atoms with Crippen molar-refractivity contribution in [3.05, 3.63) is 28.5 Å². The smallest absolute Gasteiger partial charge is 0.240 e. The highest BCUT2D eigenvalue weighted by Crippen LogP contribution is 2.20. The molecule has 0 amide bonds. The number of rotatable bonds is 6. The van der Waals surface area contributed by atoms with Crippen LogP contribution in [0.3, 0.4) is 0 Å². The molecule has 0 bridgehead atoms. The minimum Gasteiger partial charge on any atom is -0.389 e. The largest absolute Gasteiger partial charge is 0.389 e. The summed E-state index contributed by atoms with van der Waals surface area (Å²) in [5.74, 6) is -0.649. The molecule has 7 heteroatoms. The molecule has 0 saturated carbocycles. The lowest BCUT2D eigenvalue weighted by molar-refractivity contribution is 0.0377. The third kappa shape index (κ3) is 4.24. The average Bonchev–Trinajstić information content (AvgIpc) is 2.39. The van der Waals surface area contributed by atoms with E-state index in [0.717, 1.165) is 6.07 Å². The molecule has 1 aromatic carbocycles. The van der Waals surface area contributed by atoms with Gasteiger partial charge in [0.05, 0.1) is 15.0 Å². The Labute approximate surface area is 121 Å². The first kappa shape index (κ1) is 16.6. The SMILES string of the molecule is CCC(O)(CC)CNS(=O)(=O)c1ccc(Br)c(F)c1. The summed E-state index contributed by atoms with van der Waals surface area (Å²) >= 11 is 2.96. The van der Waals surface area contributed by atoms with Crippen molar-refractivity contribution >= 4 is 26.0 Å². The Morgan fingerprint density at radius 3 is 2.42 bits per heavy atom. The zero-order chi connectivity index (χ0) is 14.7. The van der Waals surface area contributed by atoms with Gasteiger partial charge in [0.15, 0.2) is 0 Å². The van der Waals surface area contributed by atoms with Crippen LogP contribution in [-0.4, -0.2) is 25.7 Å². The van der Waals surface area contributed by atoms with Crippen molar-refractivity contribution < 1.29 is 17.9 Å². The minimum absolute atomic E-state index is 0.0972. The molecule has 2 N–H and O–H groups in total. The van der Waals surface area contributed by atoms with E-state index in [0.29, 0.717) is 12.8 Å². The predicted molar refractivity (Wildman–Crippen MR) is 74.8 cm³/mol. The maximum atomic E-state index is 13.3. The molecule has 0 spiro atoms. The van der Waals surface area contributed by atoms with E-state index >= 15 is 0 Å². The molecule has 0 unspecified atom stereocenters. The number of hydrogen-bond donors (Lipinski definition) is 2. The Morgan fingerprint density at radius 1 is 1.37 bits per heavy atom. The Bertz CT molecular complexity index is 544. The van der Waals surface area contributed by atoms with E-state index < -0.39 is 21.4 Å². The van der Waals surface area contributed by atoms with Gasteiger partial charge < -0.3 is 5.11 Å². The Hall–Kier alpha value is -0.500. The summed E-state index contributed by atoms with van der Waals surface area (Å²) in [5.41, 5.74) is -1.08. The number of nitrogens with one attached hydrogen (secondary N) is 1. The maximum Gasteiger partial charge on any atom is 0.240 e. The lowest BCUT2D eigenvalue weighted by Crippen LogP contribution is -2.41. The molecule has 108 valence electrons. The van der Waals surface area contributed by atoms with Crippen LogP contribution >= 0.6 is 15.9 Å². The van der Waals surface area contributed by atoms with Gasteiger partial charge in [0.1, 0.15) is 5.82 Å². The van der Waals surface area contributed by atoms with Crippen molar-refractivity contribution in [3.8, 4) is 0 Å². The van der Waals surface area contributed by atoms with Gasteiger partial charge in [0.2, 0.25) is 10.0 Å². The van der Waals surface area contributed by atoms with Crippen LogP contribution in [0.2, 0.25) is 0 Å². The molecule has 0 radical (unpaired) electrons. The lowest BCUT2D eigenvalue weighted by atomic mass is 9.98. The molecule has 0 aliphatic carbocycles. The first-order valence-electron chi connectivity index (χ1n) is 5.91. The molecule has 0 saturated heterocycles. The van der Waals surface area contributed by atoms with Crippen molar-refractivity contribution in [1.29, 1.82) is 0 Å². The first-order chi connectivity index (χ1) is 8.74. The highest BCUT2D eigenvalue weighted by atomic mass is 79.9. The zero-order valence-corrected chi connectivity index (χ0v) is 13.2. The molecule has 0 heterocycles. The third-order valence-corrected chi connectivity index (χ3v) is 5.15. The van der Waals surface area contributed by atoms with Crippen molar-refractivity contribution in [2.45, 2.75) is 37.2 Å². The van der Waals surface area contributed by atoms with E-state index in [1.54, 1.807) is 13.8 Å². The number of benzene rings is 1. The highest BCUT2D eigenvalue weighted by Gasteiger charge is 2.25. The van der Waals surface area contributed by atoms with Gasteiger partial charge in [-0.15, -0.1) is 0 Å². The van der Waals surface area contributed by atoms with Crippen LogP contribution in [0.5, 0.6) is 0 Å². The predicted octanol–water partition coefficient (Wildman–Crippen LogP) is 2.42. The van der Waals surface area contributed by atoms with Crippen LogP contribution in [0.4, 0.5) is 4.39 Å². The van der Waals surface area contributed by atoms with Gasteiger partial charge in [-0.05, 0) is 47.0 Å². The second-order valence-corrected chi connectivity index (χ2v) is 6.95. The molecule has 1 aromatic rings. The summed E-state index contributed by atoms with van der Waals surface area (Å²) in [6.45, 7) is 3.45. The van der Waals surface area contributed by atoms with Gasteiger partial charge >= 0.3 is 0 Å².